The number of ether oxygens (including phenoxy) is 2. The summed E-state index contributed by atoms with van der Waals surface area (Å²) in [6, 6.07) is -0.485. The number of carboxylic acids is 1. The highest BCUT2D eigenvalue weighted by Crippen LogP contribution is 2.26. The Morgan fingerprint density at radius 1 is 1.27 bits per heavy atom. The summed E-state index contributed by atoms with van der Waals surface area (Å²) in [6.45, 7) is 5.62. The van der Waals surface area contributed by atoms with Crippen LogP contribution in [0.4, 0.5) is 4.79 Å². The van der Waals surface area contributed by atoms with E-state index in [0.717, 1.165) is 6.42 Å². The van der Waals surface area contributed by atoms with Gasteiger partial charge in [-0.25, -0.2) is 14.4 Å². The van der Waals surface area contributed by atoms with Crippen molar-refractivity contribution < 1.29 is 29.0 Å². The van der Waals surface area contributed by atoms with E-state index in [0.29, 0.717) is 19.4 Å². The molecule has 1 amide bonds. The first-order valence-corrected chi connectivity index (χ1v) is 7.26. The van der Waals surface area contributed by atoms with E-state index >= 15 is 0 Å². The molecule has 22 heavy (non-hydrogen) atoms. The van der Waals surface area contributed by atoms with E-state index in [2.05, 4.69) is 5.32 Å². The summed E-state index contributed by atoms with van der Waals surface area (Å²) in [5.74, 6) is -2.87. The van der Waals surface area contributed by atoms with Crippen molar-refractivity contribution in [2.75, 3.05) is 6.54 Å². The Morgan fingerprint density at radius 3 is 2.41 bits per heavy atom. The van der Waals surface area contributed by atoms with E-state index in [1.165, 1.54) is 0 Å². The van der Waals surface area contributed by atoms with Gasteiger partial charge in [0, 0.05) is 0 Å². The third kappa shape index (κ3) is 5.88. The summed E-state index contributed by atoms with van der Waals surface area (Å²) < 4.78 is 10.1. The van der Waals surface area contributed by atoms with Gasteiger partial charge < -0.3 is 25.6 Å². The lowest BCUT2D eigenvalue weighted by molar-refractivity contribution is -0.169. The van der Waals surface area contributed by atoms with E-state index in [1.807, 2.05) is 0 Å². The molecule has 0 aromatic carbocycles. The largest absolute Gasteiger partial charge is 0.473 e. The molecular weight excluding hydrogens is 292 g/mol. The maximum absolute atomic E-state index is 11.8. The van der Waals surface area contributed by atoms with Crippen molar-refractivity contribution in [3.05, 3.63) is 0 Å². The fraction of sp³-hybridized carbons (Fsp3) is 0.786. The maximum Gasteiger partial charge on any atom is 0.417 e. The lowest BCUT2D eigenvalue weighted by Gasteiger charge is -2.35. The molecule has 0 heterocycles. The Hall–Kier alpha value is -1.83. The Morgan fingerprint density at radius 2 is 1.91 bits per heavy atom. The molecule has 0 bridgehead atoms. The Bertz CT molecular complexity index is 432. The van der Waals surface area contributed by atoms with Crippen molar-refractivity contribution in [1.82, 2.24) is 5.32 Å². The number of esters is 1. The second-order valence-electron chi connectivity index (χ2n) is 6.42. The Kier molecular flexibility index (Phi) is 6.16. The van der Waals surface area contributed by atoms with Crippen LogP contribution < -0.4 is 11.1 Å². The molecule has 0 saturated heterocycles. The molecule has 0 aromatic heterocycles. The van der Waals surface area contributed by atoms with Gasteiger partial charge in [0.2, 0.25) is 0 Å². The van der Waals surface area contributed by atoms with Crippen molar-refractivity contribution in [3.63, 3.8) is 0 Å². The van der Waals surface area contributed by atoms with Gasteiger partial charge in [-0.3, -0.25) is 0 Å². The molecule has 4 N–H and O–H groups in total. The SMILES string of the molecule is CC(C)(C)OC(=O)N[C@H]1CC[C@H](CN)CC1OC(=O)C(=O)O. The average Bonchev–Trinajstić information content (AvgIpc) is 2.38. The van der Waals surface area contributed by atoms with Crippen molar-refractivity contribution in [2.45, 2.75) is 57.8 Å². The topological polar surface area (TPSA) is 128 Å². The fourth-order valence-corrected chi connectivity index (χ4v) is 2.37. The minimum absolute atomic E-state index is 0.128. The molecule has 1 saturated carbocycles. The van der Waals surface area contributed by atoms with Crippen LogP contribution in [-0.2, 0) is 19.1 Å². The summed E-state index contributed by atoms with van der Waals surface area (Å²) >= 11 is 0. The molecule has 1 fully saturated rings. The zero-order valence-electron chi connectivity index (χ0n) is 13.1. The number of alkyl carbamates (subject to hydrolysis) is 1. The molecule has 126 valence electrons. The molecular formula is C14H24N2O6. The van der Waals surface area contributed by atoms with Crippen molar-refractivity contribution >= 4 is 18.0 Å². The highest BCUT2D eigenvalue weighted by molar-refractivity contribution is 6.28. The summed E-state index contributed by atoms with van der Waals surface area (Å²) in [7, 11) is 0. The van der Waals surface area contributed by atoms with Crippen LogP contribution in [0.5, 0.6) is 0 Å². The first kappa shape index (κ1) is 18.2. The number of hydrogen-bond donors (Lipinski definition) is 3. The van der Waals surface area contributed by atoms with Gasteiger partial charge in [0.15, 0.2) is 0 Å². The van der Waals surface area contributed by atoms with E-state index in [4.69, 9.17) is 20.3 Å². The van der Waals surface area contributed by atoms with Crippen LogP contribution in [-0.4, -0.2) is 47.4 Å². The van der Waals surface area contributed by atoms with Crippen LogP contribution >= 0.6 is 0 Å². The summed E-state index contributed by atoms with van der Waals surface area (Å²) in [6.07, 6.45) is 0.366. The van der Waals surface area contributed by atoms with Gasteiger partial charge in [0.05, 0.1) is 6.04 Å². The second-order valence-corrected chi connectivity index (χ2v) is 6.42. The van der Waals surface area contributed by atoms with Crippen LogP contribution in [0.25, 0.3) is 0 Å². The minimum atomic E-state index is -1.66. The molecule has 3 atom stereocenters. The number of hydrogen-bond acceptors (Lipinski definition) is 6. The third-order valence-corrected chi connectivity index (χ3v) is 3.37. The van der Waals surface area contributed by atoms with Crippen LogP contribution in [0.15, 0.2) is 0 Å². The number of nitrogens with one attached hydrogen (secondary N) is 1. The van der Waals surface area contributed by atoms with Crippen LogP contribution in [0.2, 0.25) is 0 Å². The first-order chi connectivity index (χ1) is 10.1. The second kappa shape index (κ2) is 7.44. The van der Waals surface area contributed by atoms with Crippen LogP contribution in [0, 0.1) is 5.92 Å². The Labute approximate surface area is 129 Å². The Balaban J connectivity index is 2.70. The molecule has 0 aliphatic heterocycles. The minimum Gasteiger partial charge on any atom is -0.473 e. The maximum atomic E-state index is 11.8. The van der Waals surface area contributed by atoms with Crippen LogP contribution in [0.1, 0.15) is 40.0 Å². The summed E-state index contributed by atoms with van der Waals surface area (Å²) in [5, 5.41) is 11.3. The molecule has 8 heteroatoms. The van der Waals surface area contributed by atoms with E-state index < -0.39 is 35.8 Å². The molecule has 1 unspecified atom stereocenters. The summed E-state index contributed by atoms with van der Waals surface area (Å²) in [5.41, 5.74) is 4.97. The molecule has 1 aliphatic carbocycles. The van der Waals surface area contributed by atoms with Gasteiger partial charge in [-0.1, -0.05) is 0 Å². The zero-order valence-corrected chi connectivity index (χ0v) is 13.1. The van der Waals surface area contributed by atoms with Gasteiger partial charge in [0.1, 0.15) is 11.7 Å². The number of aliphatic carboxylic acids is 1. The van der Waals surface area contributed by atoms with Crippen molar-refractivity contribution in [1.29, 1.82) is 0 Å². The van der Waals surface area contributed by atoms with Gasteiger partial charge in [-0.15, -0.1) is 0 Å². The number of nitrogens with two attached hydrogens (primary N) is 1. The van der Waals surface area contributed by atoms with Crippen LogP contribution in [0.3, 0.4) is 0 Å². The number of amides is 1. The third-order valence-electron chi connectivity index (χ3n) is 3.37. The van der Waals surface area contributed by atoms with E-state index in [-0.39, 0.29) is 5.92 Å². The number of rotatable bonds is 3. The van der Waals surface area contributed by atoms with Crippen molar-refractivity contribution in [2.24, 2.45) is 11.7 Å². The number of carbonyl (C=O) groups is 3. The summed E-state index contributed by atoms with van der Waals surface area (Å²) in [4.78, 5) is 33.7. The molecule has 8 nitrogen and oxygen atoms in total. The van der Waals surface area contributed by atoms with Gasteiger partial charge in [-0.2, -0.15) is 0 Å². The first-order valence-electron chi connectivity index (χ1n) is 7.26. The smallest absolute Gasteiger partial charge is 0.417 e. The van der Waals surface area contributed by atoms with Crippen molar-refractivity contribution in [3.8, 4) is 0 Å². The molecule has 1 aliphatic rings. The number of carbonyl (C=O) groups excluding carboxylic acids is 2. The van der Waals surface area contributed by atoms with Gasteiger partial charge >= 0.3 is 18.0 Å². The highest BCUT2D eigenvalue weighted by atomic mass is 16.6. The lowest BCUT2D eigenvalue weighted by Crippen LogP contribution is -2.51. The fourth-order valence-electron chi connectivity index (χ4n) is 2.37. The molecule has 1 rings (SSSR count). The monoisotopic (exact) mass is 316 g/mol. The van der Waals surface area contributed by atoms with E-state index in [9.17, 15) is 14.4 Å². The predicted molar refractivity (Wildman–Crippen MR) is 77.1 cm³/mol. The van der Waals surface area contributed by atoms with Gasteiger partial charge in [-0.05, 0) is 52.5 Å². The predicted octanol–water partition coefficient (Wildman–Crippen LogP) is 0.635. The number of carboxylic acid groups (broad SMARTS) is 1. The normalized spacial score (nSPS) is 25.2. The standard InChI is InChI=1S/C14H24N2O6/c1-14(2,3)22-13(20)16-9-5-4-8(7-15)6-10(9)21-12(19)11(17)18/h8-10H,4-7,15H2,1-3H3,(H,16,20)(H,17,18)/t8-,9-,10?/m0/s1. The van der Waals surface area contributed by atoms with Gasteiger partial charge in [0.25, 0.3) is 0 Å². The zero-order chi connectivity index (χ0) is 16.9. The lowest BCUT2D eigenvalue weighted by atomic mass is 9.84. The molecule has 0 aromatic rings. The highest BCUT2D eigenvalue weighted by Gasteiger charge is 2.35. The average molecular weight is 316 g/mol. The van der Waals surface area contributed by atoms with E-state index in [1.54, 1.807) is 20.8 Å². The molecule has 0 spiro atoms. The quantitative estimate of drug-likeness (QED) is 0.514. The molecule has 0 radical (unpaired) electrons.